The van der Waals surface area contributed by atoms with Crippen LogP contribution in [0, 0.1) is 0 Å². The Labute approximate surface area is 168 Å². The maximum absolute atomic E-state index is 11.4. The molecule has 0 unspecified atom stereocenters. The first kappa shape index (κ1) is 26.6. The fourth-order valence-electron chi connectivity index (χ4n) is 1.79. The normalized spacial score (nSPS) is 11.3. The van der Waals surface area contributed by atoms with Crippen molar-refractivity contribution in [2.45, 2.75) is 46.1 Å². The largest absolute Gasteiger partial charge is 0.463 e. The Morgan fingerprint density at radius 1 is 0.750 bits per heavy atom. The highest BCUT2D eigenvalue weighted by molar-refractivity contribution is 5.69. The number of ether oxygens (including phenoxy) is 6. The number of esters is 1. The van der Waals surface area contributed by atoms with Gasteiger partial charge >= 0.3 is 12.1 Å². The number of carbonyl (C=O) groups excluding carboxylic acids is 2. The van der Waals surface area contributed by atoms with E-state index in [2.05, 4.69) is 5.32 Å². The van der Waals surface area contributed by atoms with Gasteiger partial charge < -0.3 is 33.7 Å². The van der Waals surface area contributed by atoms with E-state index in [4.69, 9.17) is 28.4 Å². The second kappa shape index (κ2) is 17.7. The molecule has 9 nitrogen and oxygen atoms in total. The van der Waals surface area contributed by atoms with E-state index in [9.17, 15) is 9.59 Å². The number of amides is 1. The van der Waals surface area contributed by atoms with Gasteiger partial charge in [0.1, 0.15) is 12.2 Å². The molecule has 28 heavy (non-hydrogen) atoms. The van der Waals surface area contributed by atoms with Crippen LogP contribution in [0.25, 0.3) is 0 Å². The van der Waals surface area contributed by atoms with Crippen LogP contribution in [0.5, 0.6) is 0 Å². The predicted octanol–water partition coefficient (Wildman–Crippen LogP) is 1.92. The lowest BCUT2D eigenvalue weighted by molar-refractivity contribution is -0.145. The Bertz CT molecular complexity index is 398. The quantitative estimate of drug-likeness (QED) is 0.288. The van der Waals surface area contributed by atoms with Crippen LogP contribution < -0.4 is 5.32 Å². The summed E-state index contributed by atoms with van der Waals surface area (Å²) in [6.07, 6.45) is 0.774. The van der Waals surface area contributed by atoms with Crippen molar-refractivity contribution in [1.82, 2.24) is 5.32 Å². The third-order valence-electron chi connectivity index (χ3n) is 2.98. The molecular weight excluding hydrogens is 370 g/mol. The third kappa shape index (κ3) is 20.9. The maximum atomic E-state index is 11.4. The third-order valence-corrected chi connectivity index (χ3v) is 2.98. The molecule has 0 heterocycles. The highest BCUT2D eigenvalue weighted by Gasteiger charge is 2.15. The lowest BCUT2D eigenvalue weighted by Gasteiger charge is -2.19. The summed E-state index contributed by atoms with van der Waals surface area (Å²) in [5.74, 6) is -0.192. The van der Waals surface area contributed by atoms with Crippen LogP contribution in [0.15, 0.2) is 0 Å². The predicted molar refractivity (Wildman–Crippen MR) is 103 cm³/mol. The molecule has 9 heteroatoms. The van der Waals surface area contributed by atoms with Gasteiger partial charge in [-0.3, -0.25) is 4.79 Å². The molecule has 1 N–H and O–H groups in total. The van der Waals surface area contributed by atoms with E-state index in [0.717, 1.165) is 6.42 Å². The highest BCUT2D eigenvalue weighted by atomic mass is 16.6. The van der Waals surface area contributed by atoms with Gasteiger partial charge in [0.05, 0.1) is 52.9 Å². The molecule has 0 aliphatic rings. The van der Waals surface area contributed by atoms with Gasteiger partial charge in [0.15, 0.2) is 0 Å². The van der Waals surface area contributed by atoms with Crippen molar-refractivity contribution >= 4 is 12.1 Å². The Kier molecular flexibility index (Phi) is 16.8. The van der Waals surface area contributed by atoms with Gasteiger partial charge in [-0.05, 0) is 27.2 Å². The first-order valence-corrected chi connectivity index (χ1v) is 9.78. The summed E-state index contributed by atoms with van der Waals surface area (Å²) in [7, 11) is 0. The fraction of sp³-hybridized carbons (Fsp3) is 0.895. The van der Waals surface area contributed by atoms with Crippen LogP contribution in [0.1, 0.15) is 40.5 Å². The minimum atomic E-state index is -0.504. The van der Waals surface area contributed by atoms with Crippen molar-refractivity contribution in [3.05, 3.63) is 0 Å². The summed E-state index contributed by atoms with van der Waals surface area (Å²) in [5.41, 5.74) is -0.504. The van der Waals surface area contributed by atoms with Crippen LogP contribution >= 0.6 is 0 Å². The number of nitrogens with one attached hydrogen (secondary N) is 1. The molecule has 1 amide bonds. The molecule has 0 bridgehead atoms. The van der Waals surface area contributed by atoms with Gasteiger partial charge in [0, 0.05) is 13.0 Å². The summed E-state index contributed by atoms with van der Waals surface area (Å²) in [6.45, 7) is 11.5. The maximum Gasteiger partial charge on any atom is 0.407 e. The lowest BCUT2D eigenvalue weighted by Crippen LogP contribution is -2.34. The average molecular weight is 408 g/mol. The van der Waals surface area contributed by atoms with Gasteiger partial charge in [0.25, 0.3) is 0 Å². The van der Waals surface area contributed by atoms with E-state index in [1.54, 1.807) is 0 Å². The Balaban J connectivity index is 3.18. The molecule has 0 aromatic rings. The Morgan fingerprint density at radius 2 is 1.21 bits per heavy atom. The zero-order chi connectivity index (χ0) is 21.1. The van der Waals surface area contributed by atoms with Gasteiger partial charge in [0.2, 0.25) is 0 Å². The number of carbonyl (C=O) groups is 2. The van der Waals surface area contributed by atoms with Gasteiger partial charge in [-0.25, -0.2) is 4.79 Å². The van der Waals surface area contributed by atoms with E-state index >= 15 is 0 Å². The SMILES string of the molecule is CCCC(=O)OCCOCCOCCOCCOCCNC(=O)OC(C)(C)C. The van der Waals surface area contributed by atoms with Crippen molar-refractivity contribution in [1.29, 1.82) is 0 Å². The topological polar surface area (TPSA) is 102 Å². The van der Waals surface area contributed by atoms with Gasteiger partial charge in [-0.15, -0.1) is 0 Å². The molecular formula is C19H37NO8. The summed E-state index contributed by atoms with van der Waals surface area (Å²) in [5, 5.41) is 2.61. The van der Waals surface area contributed by atoms with Gasteiger partial charge in [-0.1, -0.05) is 6.92 Å². The van der Waals surface area contributed by atoms with Crippen molar-refractivity contribution < 1.29 is 38.0 Å². The first-order chi connectivity index (χ1) is 13.3. The Hall–Kier alpha value is -1.42. The molecule has 0 fully saturated rings. The molecule has 0 aromatic heterocycles. The number of rotatable bonds is 17. The van der Waals surface area contributed by atoms with Crippen molar-refractivity contribution in [3.63, 3.8) is 0 Å². The van der Waals surface area contributed by atoms with Crippen molar-refractivity contribution in [2.24, 2.45) is 0 Å². The molecule has 0 radical (unpaired) electrons. The van der Waals surface area contributed by atoms with Crippen molar-refractivity contribution in [2.75, 3.05) is 66.0 Å². The van der Waals surface area contributed by atoms with E-state index in [1.807, 2.05) is 27.7 Å². The summed E-state index contributed by atoms with van der Waals surface area (Å²) in [4.78, 5) is 22.5. The average Bonchev–Trinajstić information content (AvgIpc) is 2.60. The van der Waals surface area contributed by atoms with Crippen molar-refractivity contribution in [3.8, 4) is 0 Å². The molecule has 0 aliphatic carbocycles. The van der Waals surface area contributed by atoms with E-state index in [0.29, 0.717) is 65.8 Å². The van der Waals surface area contributed by atoms with Crippen LogP contribution in [-0.4, -0.2) is 83.7 Å². The van der Waals surface area contributed by atoms with E-state index in [-0.39, 0.29) is 12.6 Å². The van der Waals surface area contributed by atoms with Crippen LogP contribution in [0.3, 0.4) is 0 Å². The monoisotopic (exact) mass is 407 g/mol. The molecule has 0 atom stereocenters. The highest BCUT2D eigenvalue weighted by Crippen LogP contribution is 2.06. The second-order valence-corrected chi connectivity index (χ2v) is 6.85. The number of alkyl carbamates (subject to hydrolysis) is 1. The molecule has 0 aromatic carbocycles. The smallest absolute Gasteiger partial charge is 0.407 e. The lowest BCUT2D eigenvalue weighted by atomic mass is 10.2. The van der Waals surface area contributed by atoms with Gasteiger partial charge in [-0.2, -0.15) is 0 Å². The zero-order valence-corrected chi connectivity index (χ0v) is 17.8. The zero-order valence-electron chi connectivity index (χ0n) is 17.8. The van der Waals surface area contributed by atoms with Crippen LogP contribution in [0.2, 0.25) is 0 Å². The molecule has 0 saturated carbocycles. The standard InChI is InChI=1S/C19H37NO8/c1-5-6-17(21)27-16-15-26-14-13-25-12-11-24-10-9-23-8-7-20-18(22)28-19(2,3)4/h5-16H2,1-4H3,(H,20,22). The number of hydrogen-bond donors (Lipinski definition) is 1. The Morgan fingerprint density at radius 3 is 1.68 bits per heavy atom. The molecule has 0 spiro atoms. The van der Waals surface area contributed by atoms with Crippen LogP contribution in [-0.2, 0) is 33.2 Å². The summed E-state index contributed by atoms with van der Waals surface area (Å²) < 4.78 is 31.4. The second-order valence-electron chi connectivity index (χ2n) is 6.85. The van der Waals surface area contributed by atoms with E-state index < -0.39 is 11.7 Å². The summed E-state index contributed by atoms with van der Waals surface area (Å²) in [6, 6.07) is 0. The first-order valence-electron chi connectivity index (χ1n) is 9.78. The molecule has 166 valence electrons. The minimum absolute atomic E-state index is 0.192. The molecule has 0 saturated heterocycles. The van der Waals surface area contributed by atoms with Crippen LogP contribution in [0.4, 0.5) is 4.79 Å². The summed E-state index contributed by atoms with van der Waals surface area (Å²) >= 11 is 0. The minimum Gasteiger partial charge on any atom is -0.463 e. The molecule has 0 rings (SSSR count). The fourth-order valence-corrected chi connectivity index (χ4v) is 1.79. The molecule has 0 aliphatic heterocycles. The van der Waals surface area contributed by atoms with E-state index in [1.165, 1.54) is 0 Å². The number of hydrogen-bond acceptors (Lipinski definition) is 8.